The normalized spacial score (nSPS) is 9.38. The van der Waals surface area contributed by atoms with Crippen LogP contribution >= 0.6 is 11.6 Å². The van der Waals surface area contributed by atoms with E-state index in [-0.39, 0.29) is 18.7 Å². The first kappa shape index (κ1) is 12.4. The summed E-state index contributed by atoms with van der Waals surface area (Å²) >= 11 is 5.72. The van der Waals surface area contributed by atoms with Crippen LogP contribution in [-0.4, -0.2) is 23.1 Å². The summed E-state index contributed by atoms with van der Waals surface area (Å²) in [6.07, 6.45) is 0.215. The number of carbonyl (C=O) groups is 1. The summed E-state index contributed by atoms with van der Waals surface area (Å²) in [7, 11) is 0. The van der Waals surface area contributed by atoms with Gasteiger partial charge in [-0.1, -0.05) is 23.7 Å². The number of ether oxygens (including phenoxy) is 1. The molecular formula is C11H11ClN2O2. The maximum Gasteiger partial charge on any atom is 0.417 e. The van der Waals surface area contributed by atoms with Crippen molar-refractivity contribution < 1.29 is 14.3 Å². The van der Waals surface area contributed by atoms with Crippen LogP contribution in [0.25, 0.3) is 5.53 Å². The van der Waals surface area contributed by atoms with Gasteiger partial charge in [-0.3, -0.25) is 0 Å². The topological polar surface area (TPSA) is 62.7 Å². The lowest BCUT2D eigenvalue weighted by Gasteiger charge is -1.98. The maximum atomic E-state index is 11.3. The van der Waals surface area contributed by atoms with Crippen molar-refractivity contribution in [1.82, 2.24) is 0 Å². The average molecular weight is 239 g/mol. The molecule has 0 spiro atoms. The highest BCUT2D eigenvalue weighted by Gasteiger charge is 2.21. The molecule has 1 aromatic rings. The van der Waals surface area contributed by atoms with Gasteiger partial charge in [0.25, 0.3) is 0 Å². The summed E-state index contributed by atoms with van der Waals surface area (Å²) in [5.41, 5.74) is 9.50. The summed E-state index contributed by atoms with van der Waals surface area (Å²) in [6.45, 7) is 1.94. The van der Waals surface area contributed by atoms with Gasteiger partial charge < -0.3 is 10.3 Å². The number of carbonyl (C=O) groups excluding carboxylic acids is 1. The summed E-state index contributed by atoms with van der Waals surface area (Å²) in [4.78, 5) is 14.2. The van der Waals surface area contributed by atoms with Crippen molar-refractivity contribution in [3.63, 3.8) is 0 Å². The fourth-order valence-corrected chi connectivity index (χ4v) is 1.28. The second-order valence-corrected chi connectivity index (χ2v) is 3.51. The molecule has 1 rings (SSSR count). The van der Waals surface area contributed by atoms with E-state index in [4.69, 9.17) is 21.9 Å². The fraction of sp³-hybridized carbons (Fsp3) is 0.273. The summed E-state index contributed by atoms with van der Waals surface area (Å²) in [6, 6.07) is 6.92. The van der Waals surface area contributed by atoms with E-state index in [0.29, 0.717) is 5.02 Å². The summed E-state index contributed by atoms with van der Waals surface area (Å²) < 4.78 is 4.74. The third kappa shape index (κ3) is 3.50. The molecule has 0 heterocycles. The minimum atomic E-state index is -0.611. The molecule has 0 saturated heterocycles. The zero-order valence-electron chi connectivity index (χ0n) is 8.81. The number of nitrogens with zero attached hydrogens (tertiary/aromatic N) is 2. The van der Waals surface area contributed by atoms with Crippen LogP contribution in [-0.2, 0) is 16.0 Å². The number of hydrogen-bond acceptors (Lipinski definition) is 2. The molecule has 0 bridgehead atoms. The zero-order valence-corrected chi connectivity index (χ0v) is 9.57. The van der Waals surface area contributed by atoms with Crippen molar-refractivity contribution >= 4 is 23.3 Å². The Balaban J connectivity index is 2.75. The molecule has 5 heteroatoms. The largest absolute Gasteiger partial charge is 0.457 e. The third-order valence-corrected chi connectivity index (χ3v) is 2.17. The monoisotopic (exact) mass is 238 g/mol. The predicted octanol–water partition coefficient (Wildman–Crippen LogP) is 2.12. The number of esters is 1. The van der Waals surface area contributed by atoms with E-state index < -0.39 is 5.97 Å². The Morgan fingerprint density at radius 2 is 2.06 bits per heavy atom. The predicted molar refractivity (Wildman–Crippen MR) is 60.4 cm³/mol. The molecule has 1 aromatic carbocycles. The lowest BCUT2D eigenvalue weighted by Crippen LogP contribution is -2.20. The smallest absolute Gasteiger partial charge is 0.417 e. The molecule has 0 aliphatic rings. The van der Waals surface area contributed by atoms with E-state index in [2.05, 4.69) is 4.79 Å². The van der Waals surface area contributed by atoms with E-state index in [1.807, 2.05) is 0 Å². The highest BCUT2D eigenvalue weighted by atomic mass is 35.5. The molecule has 4 nitrogen and oxygen atoms in total. The maximum absolute atomic E-state index is 11.3. The second-order valence-electron chi connectivity index (χ2n) is 3.07. The number of halogens is 1. The van der Waals surface area contributed by atoms with Gasteiger partial charge in [0.15, 0.2) is 0 Å². The number of hydrogen-bond donors (Lipinski definition) is 0. The van der Waals surface area contributed by atoms with Gasteiger partial charge in [-0.2, -0.15) is 4.79 Å². The quantitative estimate of drug-likeness (QED) is 0.349. The van der Waals surface area contributed by atoms with E-state index in [1.54, 1.807) is 31.2 Å². The Morgan fingerprint density at radius 3 is 2.56 bits per heavy atom. The first-order valence-corrected chi connectivity index (χ1v) is 5.17. The van der Waals surface area contributed by atoms with Crippen LogP contribution in [0.4, 0.5) is 0 Å². The van der Waals surface area contributed by atoms with Crippen LogP contribution in [0.15, 0.2) is 24.3 Å². The van der Waals surface area contributed by atoms with Gasteiger partial charge in [0.2, 0.25) is 0 Å². The van der Waals surface area contributed by atoms with Crippen molar-refractivity contribution in [1.29, 1.82) is 0 Å². The van der Waals surface area contributed by atoms with Gasteiger partial charge >= 0.3 is 11.7 Å². The van der Waals surface area contributed by atoms with Crippen molar-refractivity contribution in [3.8, 4) is 0 Å². The second kappa shape index (κ2) is 6.05. The van der Waals surface area contributed by atoms with Crippen LogP contribution in [0.1, 0.15) is 12.5 Å². The molecule has 0 saturated carbocycles. The van der Waals surface area contributed by atoms with Gasteiger partial charge in [-0.15, -0.1) is 0 Å². The fourth-order valence-electron chi connectivity index (χ4n) is 1.16. The van der Waals surface area contributed by atoms with Crippen LogP contribution in [0.5, 0.6) is 0 Å². The molecule has 16 heavy (non-hydrogen) atoms. The Morgan fingerprint density at radius 1 is 1.44 bits per heavy atom. The first-order valence-electron chi connectivity index (χ1n) is 4.80. The van der Waals surface area contributed by atoms with Gasteiger partial charge in [0, 0.05) is 5.02 Å². The number of rotatable bonds is 4. The Labute approximate surface area is 98.4 Å². The molecule has 0 aliphatic carbocycles. The molecule has 0 fully saturated rings. The lowest BCUT2D eigenvalue weighted by molar-refractivity contribution is -0.140. The van der Waals surface area contributed by atoms with Gasteiger partial charge in [0.1, 0.15) is 0 Å². The van der Waals surface area contributed by atoms with E-state index in [0.717, 1.165) is 5.56 Å². The van der Waals surface area contributed by atoms with Gasteiger partial charge in [-0.25, -0.2) is 4.79 Å². The first-order chi connectivity index (χ1) is 7.67. The third-order valence-electron chi connectivity index (χ3n) is 1.92. The molecule has 0 unspecified atom stereocenters. The van der Waals surface area contributed by atoms with Crippen molar-refractivity contribution in [2.75, 3.05) is 6.61 Å². The highest BCUT2D eigenvalue weighted by Crippen LogP contribution is 2.10. The number of benzene rings is 1. The van der Waals surface area contributed by atoms with Gasteiger partial charge in [0.05, 0.1) is 13.0 Å². The zero-order chi connectivity index (χ0) is 12.0. The highest BCUT2D eigenvalue weighted by molar-refractivity contribution is 6.34. The van der Waals surface area contributed by atoms with Gasteiger partial charge in [-0.05, 0) is 24.6 Å². The van der Waals surface area contributed by atoms with Crippen LogP contribution < -0.4 is 0 Å². The SMILES string of the molecule is CCOC(=O)C(Cc1ccc(Cl)cc1)=[N+]=[N-]. The Kier molecular flexibility index (Phi) is 4.70. The molecule has 0 amide bonds. The minimum Gasteiger partial charge on any atom is -0.457 e. The summed E-state index contributed by atoms with van der Waals surface area (Å²) in [5, 5.41) is 0.613. The molecule has 0 N–H and O–H groups in total. The van der Waals surface area contributed by atoms with E-state index >= 15 is 0 Å². The molecule has 0 aliphatic heterocycles. The molecular weight excluding hydrogens is 228 g/mol. The molecule has 0 aromatic heterocycles. The van der Waals surface area contributed by atoms with Crippen molar-refractivity contribution in [2.24, 2.45) is 0 Å². The lowest BCUT2D eigenvalue weighted by atomic mass is 10.1. The van der Waals surface area contributed by atoms with Crippen molar-refractivity contribution in [2.45, 2.75) is 13.3 Å². The van der Waals surface area contributed by atoms with E-state index in [9.17, 15) is 4.79 Å². The van der Waals surface area contributed by atoms with E-state index in [1.165, 1.54) is 0 Å². The molecule has 0 radical (unpaired) electrons. The summed E-state index contributed by atoms with van der Waals surface area (Å²) in [5.74, 6) is -0.611. The molecule has 84 valence electrons. The van der Waals surface area contributed by atoms with Crippen LogP contribution in [0, 0.1) is 0 Å². The Hall–Kier alpha value is -1.64. The van der Waals surface area contributed by atoms with Crippen LogP contribution in [0.2, 0.25) is 5.02 Å². The average Bonchev–Trinajstić information content (AvgIpc) is 2.28. The van der Waals surface area contributed by atoms with Crippen LogP contribution in [0.3, 0.4) is 0 Å². The minimum absolute atomic E-state index is 0.0239. The van der Waals surface area contributed by atoms with Crippen molar-refractivity contribution in [3.05, 3.63) is 40.4 Å². The standard InChI is InChI=1S/C11H11ClN2O2/c1-2-16-11(15)10(14-13)7-8-3-5-9(12)6-4-8/h3-6H,2,7H2,1H3. The Bertz CT molecular complexity index is 422. The molecule has 0 atom stereocenters.